The molecule has 0 unspecified atom stereocenters. The fourth-order valence-electron chi connectivity index (χ4n) is 3.08. The summed E-state index contributed by atoms with van der Waals surface area (Å²) in [4.78, 5) is 23.2. The van der Waals surface area contributed by atoms with Crippen LogP contribution in [0.4, 0.5) is 0 Å². The Labute approximate surface area is 130 Å². The number of hydrogen-bond donors (Lipinski definition) is 1. The number of esters is 1. The molecule has 0 aromatic heterocycles. The largest absolute Gasteiger partial charge is 0.481 e. The van der Waals surface area contributed by atoms with E-state index >= 15 is 0 Å². The van der Waals surface area contributed by atoms with Gasteiger partial charge in [-0.25, -0.2) is 4.79 Å². The van der Waals surface area contributed by atoms with Crippen LogP contribution in [-0.2, 0) is 14.3 Å². The van der Waals surface area contributed by atoms with Crippen LogP contribution in [0.3, 0.4) is 0 Å². The number of carbonyl (C=O) groups excluding carboxylic acids is 1. The first kappa shape index (κ1) is 16.5. The number of carbonyl (C=O) groups is 2. The van der Waals surface area contributed by atoms with Crippen molar-refractivity contribution in [1.82, 2.24) is 0 Å². The van der Waals surface area contributed by atoms with Crippen molar-refractivity contribution in [2.75, 3.05) is 13.7 Å². The molecule has 1 aliphatic rings. The Kier molecular flexibility index (Phi) is 5.19. The van der Waals surface area contributed by atoms with Crippen molar-refractivity contribution < 1.29 is 24.2 Å². The van der Waals surface area contributed by atoms with E-state index in [1.54, 1.807) is 24.3 Å². The molecule has 2 atom stereocenters. The van der Waals surface area contributed by atoms with Gasteiger partial charge in [0.2, 0.25) is 0 Å². The standard InChI is InChI=1S/C17H22O5/c1-3-8-17(16(19)20)9-10-22-14(11-17)12-4-6-13(7-5-12)15(18)21-2/h4-7,14H,3,8-11H2,1-2H3,(H,19,20)/t14-,17+/m1/s1. The van der Waals surface area contributed by atoms with E-state index < -0.39 is 11.4 Å². The lowest BCUT2D eigenvalue weighted by molar-refractivity contribution is -0.160. The SMILES string of the molecule is CCC[C@]1(C(=O)O)CCO[C@@H](c2ccc(C(=O)OC)cc2)C1. The second-order valence-electron chi connectivity index (χ2n) is 5.76. The third kappa shape index (κ3) is 3.30. The van der Waals surface area contributed by atoms with E-state index in [0.717, 1.165) is 12.0 Å². The highest BCUT2D eigenvalue weighted by Crippen LogP contribution is 2.43. The van der Waals surface area contributed by atoms with Gasteiger partial charge >= 0.3 is 11.9 Å². The van der Waals surface area contributed by atoms with Gasteiger partial charge in [0.15, 0.2) is 0 Å². The summed E-state index contributed by atoms with van der Waals surface area (Å²) in [5, 5.41) is 9.62. The monoisotopic (exact) mass is 306 g/mol. The van der Waals surface area contributed by atoms with Crippen LogP contribution in [0.5, 0.6) is 0 Å². The molecule has 1 fully saturated rings. The van der Waals surface area contributed by atoms with Crippen molar-refractivity contribution in [3.8, 4) is 0 Å². The van der Waals surface area contributed by atoms with Gasteiger partial charge in [0.25, 0.3) is 0 Å². The number of benzene rings is 1. The lowest BCUT2D eigenvalue weighted by Gasteiger charge is -2.37. The molecule has 5 nitrogen and oxygen atoms in total. The Morgan fingerprint density at radius 1 is 1.36 bits per heavy atom. The third-order valence-electron chi connectivity index (χ3n) is 4.36. The number of rotatable bonds is 5. The van der Waals surface area contributed by atoms with E-state index in [1.165, 1.54) is 7.11 Å². The van der Waals surface area contributed by atoms with Crippen molar-refractivity contribution in [1.29, 1.82) is 0 Å². The van der Waals surface area contributed by atoms with E-state index in [0.29, 0.717) is 31.4 Å². The van der Waals surface area contributed by atoms with E-state index in [1.807, 2.05) is 6.92 Å². The number of carboxylic acids is 1. The van der Waals surface area contributed by atoms with Gasteiger partial charge in [0, 0.05) is 6.61 Å². The van der Waals surface area contributed by atoms with E-state index in [4.69, 9.17) is 4.74 Å². The second-order valence-corrected chi connectivity index (χ2v) is 5.76. The zero-order valence-electron chi connectivity index (χ0n) is 13.0. The molecule has 1 aliphatic heterocycles. The topological polar surface area (TPSA) is 72.8 Å². The lowest BCUT2D eigenvalue weighted by atomic mass is 9.73. The van der Waals surface area contributed by atoms with Gasteiger partial charge in [-0.1, -0.05) is 25.5 Å². The molecule has 1 heterocycles. The molecule has 1 saturated heterocycles. The molecule has 0 radical (unpaired) electrons. The van der Waals surface area contributed by atoms with Crippen LogP contribution in [0.1, 0.15) is 54.6 Å². The number of hydrogen-bond acceptors (Lipinski definition) is 4. The summed E-state index contributed by atoms with van der Waals surface area (Å²) in [7, 11) is 1.34. The van der Waals surface area contributed by atoms with Crippen molar-refractivity contribution in [2.24, 2.45) is 5.41 Å². The number of carboxylic acid groups (broad SMARTS) is 1. The van der Waals surface area contributed by atoms with Crippen molar-refractivity contribution in [2.45, 2.75) is 38.7 Å². The Bertz CT molecular complexity index is 532. The van der Waals surface area contributed by atoms with Crippen LogP contribution in [0.25, 0.3) is 0 Å². The maximum absolute atomic E-state index is 11.7. The molecular formula is C17H22O5. The number of ether oxygens (including phenoxy) is 2. The lowest BCUT2D eigenvalue weighted by Crippen LogP contribution is -2.38. The van der Waals surface area contributed by atoms with Crippen LogP contribution in [-0.4, -0.2) is 30.8 Å². The Morgan fingerprint density at radius 2 is 2.05 bits per heavy atom. The van der Waals surface area contributed by atoms with Gasteiger partial charge in [-0.3, -0.25) is 4.79 Å². The van der Waals surface area contributed by atoms with Crippen LogP contribution >= 0.6 is 0 Å². The van der Waals surface area contributed by atoms with Gasteiger partial charge in [0.1, 0.15) is 0 Å². The van der Waals surface area contributed by atoms with Crippen molar-refractivity contribution >= 4 is 11.9 Å². The smallest absolute Gasteiger partial charge is 0.337 e. The van der Waals surface area contributed by atoms with Gasteiger partial charge in [0.05, 0.1) is 24.2 Å². The molecule has 2 rings (SSSR count). The molecule has 1 N–H and O–H groups in total. The molecule has 5 heteroatoms. The average molecular weight is 306 g/mol. The maximum Gasteiger partial charge on any atom is 0.337 e. The van der Waals surface area contributed by atoms with Gasteiger partial charge in [-0.2, -0.15) is 0 Å². The quantitative estimate of drug-likeness (QED) is 0.846. The van der Waals surface area contributed by atoms with E-state index in [2.05, 4.69) is 4.74 Å². The normalized spacial score (nSPS) is 24.7. The summed E-state index contributed by atoms with van der Waals surface area (Å²) in [6, 6.07) is 6.98. The van der Waals surface area contributed by atoms with Crippen molar-refractivity contribution in [3.05, 3.63) is 35.4 Å². The summed E-state index contributed by atoms with van der Waals surface area (Å²) in [6.45, 7) is 2.44. The molecule has 0 amide bonds. The maximum atomic E-state index is 11.7. The van der Waals surface area contributed by atoms with Crippen LogP contribution in [0.2, 0.25) is 0 Å². The minimum absolute atomic E-state index is 0.247. The Morgan fingerprint density at radius 3 is 2.59 bits per heavy atom. The summed E-state index contributed by atoms with van der Waals surface area (Å²) < 4.78 is 10.4. The fraction of sp³-hybridized carbons (Fsp3) is 0.529. The molecule has 0 bridgehead atoms. The summed E-state index contributed by atoms with van der Waals surface area (Å²) in [5.41, 5.74) is 0.660. The Balaban J connectivity index is 2.18. The van der Waals surface area contributed by atoms with Gasteiger partial charge < -0.3 is 14.6 Å². The first-order valence-corrected chi connectivity index (χ1v) is 7.55. The predicted molar refractivity (Wildman–Crippen MR) is 80.7 cm³/mol. The number of aliphatic carboxylic acids is 1. The highest BCUT2D eigenvalue weighted by molar-refractivity contribution is 5.89. The minimum Gasteiger partial charge on any atom is -0.481 e. The van der Waals surface area contributed by atoms with E-state index in [9.17, 15) is 14.7 Å². The molecule has 1 aromatic carbocycles. The van der Waals surface area contributed by atoms with Crippen molar-refractivity contribution in [3.63, 3.8) is 0 Å². The summed E-state index contributed by atoms with van der Waals surface area (Å²) in [5.74, 6) is -1.13. The van der Waals surface area contributed by atoms with Crippen LogP contribution in [0.15, 0.2) is 24.3 Å². The molecule has 120 valence electrons. The molecule has 22 heavy (non-hydrogen) atoms. The third-order valence-corrected chi connectivity index (χ3v) is 4.36. The predicted octanol–water partition coefficient (Wildman–Crippen LogP) is 3.20. The molecular weight excluding hydrogens is 284 g/mol. The first-order valence-electron chi connectivity index (χ1n) is 7.55. The van der Waals surface area contributed by atoms with Gasteiger partial charge in [-0.05, 0) is 37.0 Å². The average Bonchev–Trinajstić information content (AvgIpc) is 2.54. The van der Waals surface area contributed by atoms with Crippen LogP contribution < -0.4 is 0 Å². The summed E-state index contributed by atoms with van der Waals surface area (Å²) in [6.07, 6.45) is 2.26. The highest BCUT2D eigenvalue weighted by Gasteiger charge is 2.43. The van der Waals surface area contributed by atoms with Crippen LogP contribution in [0, 0.1) is 5.41 Å². The highest BCUT2D eigenvalue weighted by atomic mass is 16.5. The minimum atomic E-state index is -0.742. The summed E-state index contributed by atoms with van der Waals surface area (Å²) >= 11 is 0. The Hall–Kier alpha value is -1.88. The molecule has 0 saturated carbocycles. The zero-order chi connectivity index (χ0) is 16.2. The second kappa shape index (κ2) is 6.92. The number of methoxy groups -OCH3 is 1. The van der Waals surface area contributed by atoms with E-state index in [-0.39, 0.29) is 12.1 Å². The first-order chi connectivity index (χ1) is 10.5. The fourth-order valence-corrected chi connectivity index (χ4v) is 3.08. The van der Waals surface area contributed by atoms with Gasteiger partial charge in [-0.15, -0.1) is 0 Å². The molecule has 1 aromatic rings. The zero-order valence-corrected chi connectivity index (χ0v) is 13.0. The molecule has 0 spiro atoms. The molecule has 0 aliphatic carbocycles.